The third-order valence-corrected chi connectivity index (χ3v) is 2.95. The lowest BCUT2D eigenvalue weighted by Crippen LogP contribution is -2.23. The fourth-order valence-corrected chi connectivity index (χ4v) is 1.88. The first-order chi connectivity index (χ1) is 9.11. The van der Waals surface area contributed by atoms with Crippen LogP contribution in [0.25, 0.3) is 0 Å². The van der Waals surface area contributed by atoms with Gasteiger partial charge in [0.05, 0.1) is 30.2 Å². The van der Waals surface area contributed by atoms with E-state index in [0.29, 0.717) is 31.1 Å². The van der Waals surface area contributed by atoms with E-state index >= 15 is 0 Å². The molecule has 1 aromatic carbocycles. The van der Waals surface area contributed by atoms with Gasteiger partial charge in [0.15, 0.2) is 0 Å². The Morgan fingerprint density at radius 3 is 2.95 bits per heavy atom. The number of carbonyl (C=O) groups excluding carboxylic acids is 1. The van der Waals surface area contributed by atoms with Crippen molar-refractivity contribution in [3.8, 4) is 5.75 Å². The van der Waals surface area contributed by atoms with Gasteiger partial charge < -0.3 is 14.8 Å². The molecule has 0 radical (unpaired) electrons. The summed E-state index contributed by atoms with van der Waals surface area (Å²) in [4.78, 5) is 22.2. The van der Waals surface area contributed by atoms with Gasteiger partial charge in [0.1, 0.15) is 5.75 Å². The van der Waals surface area contributed by atoms with Gasteiger partial charge in [-0.15, -0.1) is 0 Å². The largest absolute Gasteiger partial charge is 0.495 e. The number of nitrogens with one attached hydrogen (secondary N) is 1. The van der Waals surface area contributed by atoms with Crippen molar-refractivity contribution < 1.29 is 19.2 Å². The first-order valence-electron chi connectivity index (χ1n) is 5.83. The standard InChI is InChI=1S/C12H14N2O5/c1-18-11-3-2-9(14(16)17)6-10(11)13-12(15)8-4-5-19-7-8/h2-3,6,8H,4-5,7H2,1H3,(H,13,15). The maximum absolute atomic E-state index is 11.9. The molecule has 0 bridgehead atoms. The number of anilines is 1. The Morgan fingerprint density at radius 1 is 1.58 bits per heavy atom. The first kappa shape index (κ1) is 13.3. The number of benzene rings is 1. The Kier molecular flexibility index (Phi) is 3.96. The van der Waals surface area contributed by atoms with Crippen molar-refractivity contribution in [3.63, 3.8) is 0 Å². The zero-order valence-electron chi connectivity index (χ0n) is 10.4. The Labute approximate surface area is 109 Å². The highest BCUT2D eigenvalue weighted by Crippen LogP contribution is 2.29. The molecule has 19 heavy (non-hydrogen) atoms. The molecule has 1 unspecified atom stereocenters. The van der Waals surface area contributed by atoms with Gasteiger partial charge in [-0.1, -0.05) is 0 Å². The summed E-state index contributed by atoms with van der Waals surface area (Å²) in [6, 6.07) is 4.07. The molecule has 1 saturated heterocycles. The summed E-state index contributed by atoms with van der Waals surface area (Å²) in [5.74, 6) is -0.0434. The van der Waals surface area contributed by atoms with Crippen molar-refractivity contribution in [2.24, 2.45) is 5.92 Å². The molecule has 1 heterocycles. The maximum atomic E-state index is 11.9. The molecule has 0 saturated carbocycles. The lowest BCUT2D eigenvalue weighted by atomic mass is 10.1. The summed E-state index contributed by atoms with van der Waals surface area (Å²) in [6.07, 6.45) is 0.656. The number of ether oxygens (including phenoxy) is 2. The molecule has 1 atom stereocenters. The molecule has 1 fully saturated rings. The number of hydrogen-bond acceptors (Lipinski definition) is 5. The van der Waals surface area contributed by atoms with Gasteiger partial charge in [-0.2, -0.15) is 0 Å². The third-order valence-electron chi connectivity index (χ3n) is 2.95. The number of nitrogens with zero attached hydrogens (tertiary/aromatic N) is 1. The van der Waals surface area contributed by atoms with Crippen molar-refractivity contribution in [1.82, 2.24) is 0 Å². The van der Waals surface area contributed by atoms with Crippen LogP contribution in [-0.4, -0.2) is 31.2 Å². The number of carbonyl (C=O) groups is 1. The van der Waals surface area contributed by atoms with Gasteiger partial charge in [0.25, 0.3) is 5.69 Å². The van der Waals surface area contributed by atoms with E-state index in [1.54, 1.807) is 0 Å². The van der Waals surface area contributed by atoms with Crippen molar-refractivity contribution in [2.45, 2.75) is 6.42 Å². The van der Waals surface area contributed by atoms with Crippen LogP contribution in [0.1, 0.15) is 6.42 Å². The second-order valence-electron chi connectivity index (χ2n) is 4.19. The van der Waals surface area contributed by atoms with Crippen LogP contribution < -0.4 is 10.1 Å². The minimum atomic E-state index is -0.520. The smallest absolute Gasteiger partial charge is 0.271 e. The normalized spacial score (nSPS) is 18.1. The maximum Gasteiger partial charge on any atom is 0.271 e. The van der Waals surface area contributed by atoms with Crippen LogP contribution in [0.3, 0.4) is 0 Å². The Bertz CT molecular complexity index is 497. The fraction of sp³-hybridized carbons (Fsp3) is 0.417. The molecular weight excluding hydrogens is 252 g/mol. The minimum Gasteiger partial charge on any atom is -0.495 e. The van der Waals surface area contributed by atoms with E-state index in [0.717, 1.165) is 0 Å². The Hall–Kier alpha value is -2.15. The minimum absolute atomic E-state index is 0.0984. The van der Waals surface area contributed by atoms with Crippen molar-refractivity contribution in [1.29, 1.82) is 0 Å². The molecule has 0 spiro atoms. The summed E-state index contributed by atoms with van der Waals surface area (Å²) in [6.45, 7) is 0.938. The molecule has 2 rings (SSSR count). The Morgan fingerprint density at radius 2 is 2.37 bits per heavy atom. The summed E-state index contributed by atoms with van der Waals surface area (Å²) >= 11 is 0. The number of hydrogen-bond donors (Lipinski definition) is 1. The van der Waals surface area contributed by atoms with Crippen LogP contribution in [0, 0.1) is 16.0 Å². The van der Waals surface area contributed by atoms with E-state index in [2.05, 4.69) is 5.32 Å². The monoisotopic (exact) mass is 266 g/mol. The zero-order valence-corrected chi connectivity index (χ0v) is 10.4. The molecule has 1 aliphatic rings. The van der Waals surface area contributed by atoms with Gasteiger partial charge >= 0.3 is 0 Å². The quantitative estimate of drug-likeness (QED) is 0.660. The van der Waals surface area contributed by atoms with E-state index in [9.17, 15) is 14.9 Å². The Balaban J connectivity index is 2.19. The molecule has 1 amide bonds. The highest BCUT2D eigenvalue weighted by Gasteiger charge is 2.24. The molecule has 0 aliphatic carbocycles. The van der Waals surface area contributed by atoms with Crippen molar-refractivity contribution >= 4 is 17.3 Å². The number of nitro benzene ring substituents is 1. The molecule has 102 valence electrons. The van der Waals surface area contributed by atoms with Gasteiger partial charge in [-0.05, 0) is 12.5 Å². The molecule has 1 aliphatic heterocycles. The second kappa shape index (κ2) is 5.66. The van der Waals surface area contributed by atoms with E-state index < -0.39 is 4.92 Å². The number of amides is 1. The van der Waals surface area contributed by atoms with Crippen molar-refractivity contribution in [2.75, 3.05) is 25.6 Å². The van der Waals surface area contributed by atoms with Gasteiger partial charge in [-0.3, -0.25) is 14.9 Å². The van der Waals surface area contributed by atoms with Crippen LogP contribution in [0.2, 0.25) is 0 Å². The summed E-state index contributed by atoms with van der Waals surface area (Å²) < 4.78 is 10.2. The van der Waals surface area contributed by atoms with E-state index in [4.69, 9.17) is 9.47 Å². The predicted molar refractivity (Wildman–Crippen MR) is 67.2 cm³/mol. The average Bonchev–Trinajstić information content (AvgIpc) is 2.92. The summed E-state index contributed by atoms with van der Waals surface area (Å²) in [5, 5.41) is 13.4. The van der Waals surface area contributed by atoms with Crippen molar-refractivity contribution in [3.05, 3.63) is 28.3 Å². The lowest BCUT2D eigenvalue weighted by molar-refractivity contribution is -0.384. The van der Waals surface area contributed by atoms with Crippen LogP contribution in [0.5, 0.6) is 5.75 Å². The number of nitro groups is 1. The van der Waals surface area contributed by atoms with Gasteiger partial charge in [0.2, 0.25) is 5.91 Å². The second-order valence-corrected chi connectivity index (χ2v) is 4.19. The van der Waals surface area contributed by atoms with E-state index in [1.807, 2.05) is 0 Å². The van der Waals surface area contributed by atoms with E-state index in [1.165, 1.54) is 25.3 Å². The molecule has 1 aromatic rings. The predicted octanol–water partition coefficient (Wildman–Crippen LogP) is 1.58. The van der Waals surface area contributed by atoms with E-state index in [-0.39, 0.29) is 17.5 Å². The van der Waals surface area contributed by atoms with Crippen LogP contribution >= 0.6 is 0 Å². The number of rotatable bonds is 4. The molecular formula is C12H14N2O5. The summed E-state index contributed by atoms with van der Waals surface area (Å²) in [5.41, 5.74) is 0.201. The van der Waals surface area contributed by atoms with Crippen LogP contribution in [-0.2, 0) is 9.53 Å². The first-order valence-corrected chi connectivity index (χ1v) is 5.83. The third kappa shape index (κ3) is 3.00. The molecule has 7 nitrogen and oxygen atoms in total. The zero-order chi connectivity index (χ0) is 13.8. The molecule has 1 N–H and O–H groups in total. The molecule has 7 heteroatoms. The summed E-state index contributed by atoms with van der Waals surface area (Å²) in [7, 11) is 1.44. The van der Waals surface area contributed by atoms with Gasteiger partial charge in [0, 0.05) is 18.7 Å². The SMILES string of the molecule is COc1ccc([N+](=O)[O-])cc1NC(=O)C1CCOC1. The van der Waals surface area contributed by atoms with Crippen LogP contribution in [0.15, 0.2) is 18.2 Å². The fourth-order valence-electron chi connectivity index (χ4n) is 1.88. The number of non-ortho nitro benzene ring substituents is 1. The number of methoxy groups -OCH3 is 1. The topological polar surface area (TPSA) is 90.7 Å². The average molecular weight is 266 g/mol. The highest BCUT2D eigenvalue weighted by atomic mass is 16.6. The highest BCUT2D eigenvalue weighted by molar-refractivity contribution is 5.94. The molecule has 0 aromatic heterocycles. The van der Waals surface area contributed by atoms with Gasteiger partial charge in [-0.25, -0.2) is 0 Å². The van der Waals surface area contributed by atoms with Crippen LogP contribution in [0.4, 0.5) is 11.4 Å². The lowest BCUT2D eigenvalue weighted by Gasteiger charge is -2.12.